The van der Waals surface area contributed by atoms with E-state index in [1.165, 1.54) is 6.33 Å². The smallest absolute Gasteiger partial charge is 0.156 e. The van der Waals surface area contributed by atoms with E-state index in [2.05, 4.69) is 41.5 Å². The topological polar surface area (TPSA) is 81.2 Å². The van der Waals surface area contributed by atoms with Gasteiger partial charge >= 0.3 is 0 Å². The second kappa shape index (κ2) is 8.93. The summed E-state index contributed by atoms with van der Waals surface area (Å²) < 4.78 is 28.2. The summed E-state index contributed by atoms with van der Waals surface area (Å²) in [4.78, 5) is 13.0. The largest absolute Gasteiger partial charge is 0.487 e. The van der Waals surface area contributed by atoms with Crippen LogP contribution in [0.1, 0.15) is 6.92 Å². The fourth-order valence-corrected chi connectivity index (χ4v) is 4.14. The lowest BCUT2D eigenvalue weighted by Crippen LogP contribution is -2.49. The molecule has 1 saturated heterocycles. The molecule has 3 heterocycles. The summed E-state index contributed by atoms with van der Waals surface area (Å²) in [5.74, 6) is 0.576. The Morgan fingerprint density at radius 3 is 2.97 bits per heavy atom. The van der Waals surface area contributed by atoms with E-state index in [1.54, 1.807) is 24.4 Å². The third kappa shape index (κ3) is 4.11. The monoisotopic (exact) mass is 497 g/mol. The summed E-state index contributed by atoms with van der Waals surface area (Å²) in [6.45, 7) is 3.97. The normalized spacial score (nSPS) is 17.4. The van der Waals surface area contributed by atoms with Crippen LogP contribution in [0.15, 0.2) is 53.4 Å². The van der Waals surface area contributed by atoms with Gasteiger partial charge in [0.05, 0.1) is 30.5 Å². The number of nitrogens with zero attached hydrogens (tertiary/aromatic N) is 3. The summed E-state index contributed by atoms with van der Waals surface area (Å²) in [6.07, 6.45) is 2.88. The first-order valence-corrected chi connectivity index (χ1v) is 11.1. The molecule has 1 aliphatic heterocycles. The second-order valence-corrected chi connectivity index (χ2v) is 8.52. The van der Waals surface area contributed by atoms with Crippen molar-refractivity contribution >= 4 is 49.2 Å². The summed E-state index contributed by atoms with van der Waals surface area (Å²) in [5.41, 5.74) is 1.47. The molecular weight excluding hydrogens is 477 g/mol. The van der Waals surface area contributed by atoms with Crippen molar-refractivity contribution in [1.29, 1.82) is 0 Å². The molecule has 1 aliphatic rings. The quantitative estimate of drug-likeness (QED) is 0.417. The minimum absolute atomic E-state index is 0.0354. The fraction of sp³-hybridized carbons (Fsp3) is 0.261. The van der Waals surface area contributed by atoms with Crippen molar-refractivity contribution in [3.05, 3.63) is 59.2 Å². The number of nitrogens with one attached hydrogen (secondary N) is 2. The standard InChI is InChI=1S/C23H21BrFN5O2/c1-13(19-11-31-8-7-26-19)32-20-10-18(21(25)16-3-2-6-27-22(16)20)30-23-15-5-4-14(24)9-17(15)28-12-29-23/h2-6,9-10,12-13,19,26H,7-8,11H2,1H3,(H,28,29,30)/t13-,19-/m0/s1. The Balaban J connectivity index is 1.54. The van der Waals surface area contributed by atoms with Crippen molar-refractivity contribution in [3.63, 3.8) is 0 Å². The van der Waals surface area contributed by atoms with E-state index in [-0.39, 0.29) is 17.8 Å². The molecule has 2 aromatic carbocycles. The van der Waals surface area contributed by atoms with Crippen LogP contribution in [0.25, 0.3) is 21.8 Å². The molecule has 32 heavy (non-hydrogen) atoms. The van der Waals surface area contributed by atoms with Gasteiger partial charge in [-0.1, -0.05) is 15.9 Å². The number of benzene rings is 2. The molecule has 9 heteroatoms. The lowest BCUT2D eigenvalue weighted by molar-refractivity contribution is 0.0341. The van der Waals surface area contributed by atoms with Gasteiger partial charge in [0.2, 0.25) is 0 Å². The molecule has 0 radical (unpaired) electrons. The summed E-state index contributed by atoms with van der Waals surface area (Å²) in [7, 11) is 0. The molecule has 2 N–H and O–H groups in total. The van der Waals surface area contributed by atoms with Crippen LogP contribution in [0.4, 0.5) is 15.9 Å². The van der Waals surface area contributed by atoms with Crippen molar-refractivity contribution in [1.82, 2.24) is 20.3 Å². The molecule has 0 saturated carbocycles. The Kier molecular flexibility index (Phi) is 5.86. The van der Waals surface area contributed by atoms with Gasteiger partial charge in [0.1, 0.15) is 29.5 Å². The van der Waals surface area contributed by atoms with Crippen molar-refractivity contribution in [3.8, 4) is 5.75 Å². The van der Waals surface area contributed by atoms with E-state index >= 15 is 4.39 Å². The van der Waals surface area contributed by atoms with E-state index in [0.29, 0.717) is 35.7 Å². The first kappa shape index (κ1) is 21.0. The molecule has 0 amide bonds. The SMILES string of the molecule is C[C@H](Oc1cc(Nc2ncnc3cc(Br)ccc23)c(F)c2cccnc12)[C@@H]1COCCN1. The number of hydrogen-bond acceptors (Lipinski definition) is 7. The Morgan fingerprint density at radius 1 is 1.22 bits per heavy atom. The highest BCUT2D eigenvalue weighted by Gasteiger charge is 2.24. The predicted octanol–water partition coefficient (Wildman–Crippen LogP) is 4.58. The Morgan fingerprint density at radius 2 is 2.12 bits per heavy atom. The van der Waals surface area contributed by atoms with Crippen LogP contribution in [0.2, 0.25) is 0 Å². The molecule has 1 fully saturated rings. The van der Waals surface area contributed by atoms with Crippen LogP contribution >= 0.6 is 15.9 Å². The van der Waals surface area contributed by atoms with Gasteiger partial charge in [-0.05, 0) is 37.3 Å². The molecule has 0 bridgehead atoms. The molecule has 0 aliphatic carbocycles. The molecule has 2 atom stereocenters. The predicted molar refractivity (Wildman–Crippen MR) is 125 cm³/mol. The Bertz CT molecular complexity index is 1280. The maximum Gasteiger partial charge on any atom is 0.156 e. The zero-order chi connectivity index (χ0) is 22.1. The van der Waals surface area contributed by atoms with Crippen LogP contribution < -0.4 is 15.4 Å². The summed E-state index contributed by atoms with van der Waals surface area (Å²) >= 11 is 3.45. The maximum atomic E-state index is 15.4. The molecular formula is C23H21BrFN5O2. The zero-order valence-corrected chi connectivity index (χ0v) is 18.9. The van der Waals surface area contributed by atoms with Gasteiger partial charge < -0.3 is 20.1 Å². The van der Waals surface area contributed by atoms with Gasteiger partial charge in [0, 0.05) is 34.1 Å². The van der Waals surface area contributed by atoms with Gasteiger partial charge in [-0.25, -0.2) is 14.4 Å². The molecule has 164 valence electrons. The van der Waals surface area contributed by atoms with E-state index in [4.69, 9.17) is 9.47 Å². The number of aromatic nitrogens is 3. The maximum absolute atomic E-state index is 15.4. The third-order valence-electron chi connectivity index (χ3n) is 5.47. The van der Waals surface area contributed by atoms with Gasteiger partial charge in [-0.2, -0.15) is 0 Å². The number of fused-ring (bicyclic) bond motifs is 2. The van der Waals surface area contributed by atoms with E-state index in [1.807, 2.05) is 25.1 Å². The molecule has 7 nitrogen and oxygen atoms in total. The minimum atomic E-state index is -0.420. The third-order valence-corrected chi connectivity index (χ3v) is 5.96. The fourth-order valence-electron chi connectivity index (χ4n) is 3.79. The number of anilines is 2. The number of hydrogen-bond donors (Lipinski definition) is 2. The lowest BCUT2D eigenvalue weighted by Gasteiger charge is -2.29. The van der Waals surface area contributed by atoms with Crippen molar-refractivity contribution < 1.29 is 13.9 Å². The number of halogens is 2. The van der Waals surface area contributed by atoms with Crippen molar-refractivity contribution in [2.45, 2.75) is 19.1 Å². The van der Waals surface area contributed by atoms with Crippen LogP contribution in [0.3, 0.4) is 0 Å². The van der Waals surface area contributed by atoms with E-state index in [0.717, 1.165) is 21.9 Å². The number of morpholine rings is 1. The highest BCUT2D eigenvalue weighted by Crippen LogP contribution is 2.35. The molecule has 0 unspecified atom stereocenters. The van der Waals surface area contributed by atoms with E-state index < -0.39 is 5.82 Å². The van der Waals surface area contributed by atoms with Crippen molar-refractivity contribution in [2.24, 2.45) is 0 Å². The molecule has 5 rings (SSSR count). The van der Waals surface area contributed by atoms with Crippen LogP contribution in [-0.4, -0.2) is 46.9 Å². The zero-order valence-electron chi connectivity index (χ0n) is 17.3. The Hall–Kier alpha value is -2.88. The average molecular weight is 498 g/mol. The lowest BCUT2D eigenvalue weighted by atomic mass is 10.1. The van der Waals surface area contributed by atoms with E-state index in [9.17, 15) is 0 Å². The van der Waals surface area contributed by atoms with Crippen LogP contribution in [0.5, 0.6) is 5.75 Å². The molecule has 2 aromatic heterocycles. The van der Waals surface area contributed by atoms with Gasteiger partial charge in [0.15, 0.2) is 5.82 Å². The first-order chi connectivity index (χ1) is 15.6. The number of rotatable bonds is 5. The highest BCUT2D eigenvalue weighted by molar-refractivity contribution is 9.10. The van der Waals surface area contributed by atoms with Gasteiger partial charge in [-0.3, -0.25) is 4.98 Å². The second-order valence-electron chi connectivity index (χ2n) is 7.60. The van der Waals surface area contributed by atoms with Gasteiger partial charge in [0.25, 0.3) is 0 Å². The number of pyridine rings is 1. The average Bonchev–Trinajstić information content (AvgIpc) is 2.82. The minimum Gasteiger partial charge on any atom is -0.487 e. The summed E-state index contributed by atoms with van der Waals surface area (Å²) in [5, 5.41) is 7.67. The highest BCUT2D eigenvalue weighted by atomic mass is 79.9. The van der Waals surface area contributed by atoms with Crippen LogP contribution in [0, 0.1) is 5.82 Å². The van der Waals surface area contributed by atoms with Crippen molar-refractivity contribution in [2.75, 3.05) is 25.1 Å². The summed E-state index contributed by atoms with van der Waals surface area (Å²) in [6, 6.07) is 10.7. The Labute approximate surface area is 192 Å². The number of ether oxygens (including phenoxy) is 2. The first-order valence-electron chi connectivity index (χ1n) is 10.3. The molecule has 4 aromatic rings. The van der Waals surface area contributed by atoms with Crippen LogP contribution in [-0.2, 0) is 4.74 Å². The van der Waals surface area contributed by atoms with Gasteiger partial charge in [-0.15, -0.1) is 0 Å². The molecule has 0 spiro atoms.